The Balaban J connectivity index is 1.04. The maximum absolute atomic E-state index is 6.87. The van der Waals surface area contributed by atoms with E-state index in [9.17, 15) is 0 Å². The molecule has 0 N–H and O–H groups in total. The van der Waals surface area contributed by atoms with Crippen LogP contribution in [-0.2, 0) is 0 Å². The van der Waals surface area contributed by atoms with Crippen LogP contribution < -0.4 is 4.90 Å². The lowest BCUT2D eigenvalue weighted by atomic mass is 9.97. The van der Waals surface area contributed by atoms with Crippen LogP contribution in [0.4, 0.5) is 17.1 Å². The predicted octanol–water partition coefficient (Wildman–Crippen LogP) is 15.2. The Labute approximate surface area is 330 Å². The molecule has 57 heavy (non-hydrogen) atoms. The molecule has 0 aliphatic rings. The highest BCUT2D eigenvalue weighted by molar-refractivity contribution is 6.25. The molecule has 0 saturated heterocycles. The Kier molecular flexibility index (Phi) is 7.82. The van der Waals surface area contributed by atoms with Crippen molar-refractivity contribution in [2.45, 2.75) is 0 Å². The second kappa shape index (κ2) is 13.6. The van der Waals surface area contributed by atoms with Crippen LogP contribution in [0, 0.1) is 0 Å². The molecule has 11 rings (SSSR count). The molecule has 268 valence electrons. The minimum atomic E-state index is 0.878. The van der Waals surface area contributed by atoms with E-state index in [-0.39, 0.29) is 0 Å². The molecule has 11 aromatic rings. The number of aromatic nitrogens is 1. The first kappa shape index (κ1) is 32.8. The molecule has 0 aliphatic carbocycles. The van der Waals surface area contributed by atoms with Crippen molar-refractivity contribution in [2.75, 3.05) is 4.90 Å². The average Bonchev–Trinajstić information content (AvgIpc) is 3.84. The van der Waals surface area contributed by atoms with Gasteiger partial charge in [-0.05, 0) is 106 Å². The van der Waals surface area contributed by atoms with E-state index in [4.69, 9.17) is 4.42 Å². The zero-order valence-electron chi connectivity index (χ0n) is 31.1. The molecule has 0 spiro atoms. The number of furan rings is 1. The average molecular weight is 729 g/mol. The van der Waals surface area contributed by atoms with E-state index in [0.717, 1.165) is 72.2 Å². The predicted molar refractivity (Wildman–Crippen MR) is 239 cm³/mol. The highest BCUT2D eigenvalue weighted by atomic mass is 16.3. The molecule has 0 saturated carbocycles. The van der Waals surface area contributed by atoms with Crippen LogP contribution in [0.15, 0.2) is 223 Å². The number of anilines is 3. The molecular formula is C54H36N2O. The summed E-state index contributed by atoms with van der Waals surface area (Å²) < 4.78 is 9.21. The smallest absolute Gasteiger partial charge is 0.145 e. The van der Waals surface area contributed by atoms with Gasteiger partial charge < -0.3 is 13.9 Å². The van der Waals surface area contributed by atoms with E-state index in [1.807, 2.05) is 0 Å². The lowest BCUT2D eigenvalue weighted by Crippen LogP contribution is -2.10. The summed E-state index contributed by atoms with van der Waals surface area (Å²) in [6.07, 6.45) is 0. The van der Waals surface area contributed by atoms with Gasteiger partial charge in [0.2, 0.25) is 0 Å². The molecule has 2 aromatic heterocycles. The number of para-hydroxylation sites is 3. The van der Waals surface area contributed by atoms with Crippen molar-refractivity contribution in [3.05, 3.63) is 218 Å². The summed E-state index contributed by atoms with van der Waals surface area (Å²) in [4.78, 5) is 2.35. The Morgan fingerprint density at radius 3 is 1.67 bits per heavy atom. The highest BCUT2D eigenvalue weighted by Gasteiger charge is 2.21. The first-order valence-corrected chi connectivity index (χ1v) is 19.4. The zero-order valence-corrected chi connectivity index (χ0v) is 31.1. The van der Waals surface area contributed by atoms with Crippen molar-refractivity contribution in [2.24, 2.45) is 0 Å². The third-order valence-electron chi connectivity index (χ3n) is 11.2. The third-order valence-corrected chi connectivity index (χ3v) is 11.2. The molecule has 3 nitrogen and oxygen atoms in total. The van der Waals surface area contributed by atoms with Crippen molar-refractivity contribution < 1.29 is 4.42 Å². The van der Waals surface area contributed by atoms with Crippen LogP contribution in [0.1, 0.15) is 0 Å². The molecule has 3 heteroatoms. The minimum Gasteiger partial charge on any atom is -0.455 e. The Hall–Kier alpha value is -7.62. The maximum atomic E-state index is 6.87. The van der Waals surface area contributed by atoms with Crippen LogP contribution in [0.25, 0.3) is 82.8 Å². The summed E-state index contributed by atoms with van der Waals surface area (Å²) in [6.45, 7) is 0. The highest BCUT2D eigenvalue weighted by Crippen LogP contribution is 2.45. The van der Waals surface area contributed by atoms with Gasteiger partial charge >= 0.3 is 0 Å². The van der Waals surface area contributed by atoms with Gasteiger partial charge in [-0.2, -0.15) is 0 Å². The minimum absolute atomic E-state index is 0.878. The third kappa shape index (κ3) is 5.60. The van der Waals surface area contributed by atoms with E-state index in [2.05, 4.69) is 228 Å². The first-order valence-electron chi connectivity index (χ1n) is 19.4. The second-order valence-electron chi connectivity index (χ2n) is 14.5. The van der Waals surface area contributed by atoms with Gasteiger partial charge in [0.1, 0.15) is 11.2 Å². The fourth-order valence-corrected chi connectivity index (χ4v) is 8.58. The van der Waals surface area contributed by atoms with Gasteiger partial charge in [-0.15, -0.1) is 0 Å². The number of nitrogens with zero attached hydrogens (tertiary/aromatic N) is 2. The first-order chi connectivity index (χ1) is 28.3. The van der Waals surface area contributed by atoms with E-state index in [1.54, 1.807) is 0 Å². The summed E-state index contributed by atoms with van der Waals surface area (Å²) >= 11 is 0. The molecule has 0 unspecified atom stereocenters. The molecule has 0 fully saturated rings. The topological polar surface area (TPSA) is 21.3 Å². The monoisotopic (exact) mass is 728 g/mol. The van der Waals surface area contributed by atoms with Crippen LogP contribution >= 0.6 is 0 Å². The second-order valence-corrected chi connectivity index (χ2v) is 14.5. The summed E-state index contributed by atoms with van der Waals surface area (Å²) in [7, 11) is 0. The van der Waals surface area contributed by atoms with Crippen molar-refractivity contribution >= 4 is 60.8 Å². The molecule has 0 radical (unpaired) electrons. The molecule has 9 aromatic carbocycles. The fourth-order valence-electron chi connectivity index (χ4n) is 8.58. The van der Waals surface area contributed by atoms with Gasteiger partial charge in [0.25, 0.3) is 0 Å². The lowest BCUT2D eigenvalue weighted by Gasteiger charge is -2.26. The molecule has 0 aliphatic heterocycles. The van der Waals surface area contributed by atoms with Gasteiger partial charge in [0.15, 0.2) is 0 Å². The van der Waals surface area contributed by atoms with Gasteiger partial charge in [-0.1, -0.05) is 146 Å². The zero-order chi connectivity index (χ0) is 37.7. The van der Waals surface area contributed by atoms with Gasteiger partial charge in [-0.25, -0.2) is 0 Å². The maximum Gasteiger partial charge on any atom is 0.145 e. The van der Waals surface area contributed by atoms with Gasteiger partial charge in [-0.3, -0.25) is 0 Å². The molecule has 0 bridgehead atoms. The summed E-state index contributed by atoms with van der Waals surface area (Å²) in [5.74, 6) is 0. The fraction of sp³-hybridized carbons (Fsp3) is 0. The largest absolute Gasteiger partial charge is 0.455 e. The normalized spacial score (nSPS) is 11.5. The number of hydrogen-bond acceptors (Lipinski definition) is 2. The Bertz CT molecular complexity index is 3220. The van der Waals surface area contributed by atoms with Gasteiger partial charge in [0, 0.05) is 38.9 Å². The summed E-state index contributed by atoms with van der Waals surface area (Å²) in [6, 6.07) is 77.9. The molecule has 0 atom stereocenters. The summed E-state index contributed by atoms with van der Waals surface area (Å²) in [5, 5.41) is 4.54. The van der Waals surface area contributed by atoms with Crippen LogP contribution in [0.2, 0.25) is 0 Å². The van der Waals surface area contributed by atoms with E-state index >= 15 is 0 Å². The van der Waals surface area contributed by atoms with Crippen molar-refractivity contribution in [3.8, 4) is 39.1 Å². The quantitative estimate of drug-likeness (QED) is 0.163. The molecule has 2 heterocycles. The number of fused-ring (bicyclic) bond motifs is 7. The standard InChI is InChI=1S/C54H36N2O/c1-4-15-37(16-5-1)38-29-31-39(32-30-38)40-17-12-23-44(35-40)55(42-19-6-2-7-20-42)45-24-13-18-41(36-45)46-26-14-28-51-52(46)48-33-34-50-53(54(48)57-51)47-25-10-11-27-49(47)56(50)43-21-8-3-9-22-43/h1-36H. The van der Waals surface area contributed by atoms with Gasteiger partial charge in [0.05, 0.1) is 16.4 Å². The number of rotatable bonds is 7. The SMILES string of the molecule is c1ccc(-c2ccc(-c3cccc(N(c4ccccc4)c4cccc(-c5cccc6oc7c(ccc8c7c7ccccc7n8-c7ccccc7)c56)c4)c3)cc2)cc1. The number of hydrogen-bond donors (Lipinski definition) is 0. The number of benzene rings is 9. The van der Waals surface area contributed by atoms with Crippen LogP contribution in [0.5, 0.6) is 0 Å². The van der Waals surface area contributed by atoms with Crippen LogP contribution in [0.3, 0.4) is 0 Å². The van der Waals surface area contributed by atoms with E-state index in [1.165, 1.54) is 27.6 Å². The van der Waals surface area contributed by atoms with Crippen molar-refractivity contribution in [1.29, 1.82) is 0 Å². The Morgan fingerprint density at radius 2 is 0.912 bits per heavy atom. The molecule has 0 amide bonds. The lowest BCUT2D eigenvalue weighted by molar-refractivity contribution is 0.673. The van der Waals surface area contributed by atoms with Crippen molar-refractivity contribution in [1.82, 2.24) is 4.57 Å². The van der Waals surface area contributed by atoms with E-state index < -0.39 is 0 Å². The molecular weight excluding hydrogens is 693 g/mol. The summed E-state index contributed by atoms with van der Waals surface area (Å²) in [5.41, 5.74) is 15.5. The van der Waals surface area contributed by atoms with E-state index in [0.29, 0.717) is 0 Å². The van der Waals surface area contributed by atoms with Crippen molar-refractivity contribution in [3.63, 3.8) is 0 Å². The Morgan fingerprint density at radius 1 is 0.351 bits per heavy atom. The van der Waals surface area contributed by atoms with Crippen LogP contribution in [-0.4, -0.2) is 4.57 Å².